The summed E-state index contributed by atoms with van der Waals surface area (Å²) in [5.74, 6) is -1.84. The van der Waals surface area contributed by atoms with Crippen molar-refractivity contribution < 1.29 is 13.6 Å². The summed E-state index contributed by atoms with van der Waals surface area (Å²) in [5, 5.41) is 0. The topological polar surface area (TPSA) is 42.9 Å². The molecule has 0 radical (unpaired) electrons. The molecule has 3 aromatic rings. The second kappa shape index (κ2) is 8.29. The number of hydrogen-bond acceptors (Lipinski definition) is 3. The van der Waals surface area contributed by atoms with Crippen LogP contribution >= 0.6 is 0 Å². The molecule has 3 rings (SSSR count). The van der Waals surface area contributed by atoms with E-state index in [2.05, 4.69) is 30.7 Å². The van der Waals surface area contributed by atoms with Crippen LogP contribution in [0.2, 0.25) is 0 Å². The highest BCUT2D eigenvalue weighted by atomic mass is 19.2. The molecule has 0 saturated heterocycles. The van der Waals surface area contributed by atoms with Crippen molar-refractivity contribution in [2.24, 2.45) is 5.41 Å². The number of carbonyl (C=O) groups is 1. The summed E-state index contributed by atoms with van der Waals surface area (Å²) < 4.78 is 27.4. The Bertz CT molecular complexity index is 1120. The van der Waals surface area contributed by atoms with Gasteiger partial charge < -0.3 is 0 Å². The smallest absolute Gasteiger partial charge is 0.163 e. The zero-order valence-corrected chi connectivity index (χ0v) is 18.9. The molecule has 0 aliphatic rings. The molecule has 0 aliphatic heterocycles. The lowest BCUT2D eigenvalue weighted by Crippen LogP contribution is -2.16. The number of carbonyl (C=O) groups excluding carboxylic acids is 1. The molecule has 0 aliphatic carbocycles. The number of ketones is 1. The number of halogens is 2. The lowest BCUT2D eigenvalue weighted by Gasteiger charge is -2.22. The molecule has 0 amide bonds. The first kappa shape index (κ1) is 22.7. The molecule has 0 fully saturated rings. The van der Waals surface area contributed by atoms with Gasteiger partial charge in [0, 0.05) is 29.2 Å². The van der Waals surface area contributed by atoms with Crippen molar-refractivity contribution in [1.82, 2.24) is 9.97 Å². The van der Waals surface area contributed by atoms with Gasteiger partial charge in [-0.15, -0.1) is 0 Å². The Balaban J connectivity index is 2.24. The minimum absolute atomic E-state index is 0.00709. The average molecular weight is 423 g/mol. The maximum Gasteiger partial charge on any atom is 0.163 e. The van der Waals surface area contributed by atoms with Gasteiger partial charge in [0.05, 0.1) is 5.69 Å². The molecule has 0 atom stereocenters. The standard InChI is InChI=1S/C26H28F2N2O/c1-25(2,3)13-23(31)19-10-17(16-7-8-21(27)22(28)12-16)9-18(11-19)20-14-29-15-30-24(20)26(4,5)6/h7-12,14-15H,13H2,1-6H3. The second-order valence-corrected chi connectivity index (χ2v) is 10.1. The Morgan fingerprint density at radius 3 is 2.16 bits per heavy atom. The summed E-state index contributed by atoms with van der Waals surface area (Å²) in [7, 11) is 0. The minimum atomic E-state index is -0.927. The number of rotatable bonds is 4. The summed E-state index contributed by atoms with van der Waals surface area (Å²) in [6.07, 6.45) is 3.61. The third kappa shape index (κ3) is 5.40. The van der Waals surface area contributed by atoms with Gasteiger partial charge in [-0.3, -0.25) is 4.79 Å². The van der Waals surface area contributed by atoms with Crippen molar-refractivity contribution >= 4 is 5.78 Å². The van der Waals surface area contributed by atoms with Gasteiger partial charge >= 0.3 is 0 Å². The Labute approximate surface area is 182 Å². The van der Waals surface area contributed by atoms with Crippen molar-refractivity contribution in [3.8, 4) is 22.3 Å². The van der Waals surface area contributed by atoms with Gasteiger partial charge in [-0.05, 0) is 52.4 Å². The van der Waals surface area contributed by atoms with E-state index >= 15 is 0 Å². The molecule has 2 aromatic carbocycles. The molecule has 0 spiro atoms. The highest BCUT2D eigenvalue weighted by Gasteiger charge is 2.23. The fourth-order valence-corrected chi connectivity index (χ4v) is 3.51. The molecule has 162 valence electrons. The van der Waals surface area contributed by atoms with Crippen LogP contribution < -0.4 is 0 Å². The van der Waals surface area contributed by atoms with Crippen LogP contribution in [0.25, 0.3) is 22.3 Å². The van der Waals surface area contributed by atoms with Crippen LogP contribution in [0.5, 0.6) is 0 Å². The van der Waals surface area contributed by atoms with E-state index in [0.717, 1.165) is 29.0 Å². The van der Waals surface area contributed by atoms with Gasteiger partial charge in [-0.1, -0.05) is 47.6 Å². The predicted octanol–water partition coefficient (Wildman–Crippen LogP) is 7.01. The fraction of sp³-hybridized carbons (Fsp3) is 0.346. The molecular formula is C26H28F2N2O. The molecule has 0 saturated carbocycles. The monoisotopic (exact) mass is 422 g/mol. The van der Waals surface area contributed by atoms with Gasteiger partial charge in [0.1, 0.15) is 6.33 Å². The maximum atomic E-state index is 13.9. The van der Waals surface area contributed by atoms with E-state index in [1.165, 1.54) is 12.4 Å². The van der Waals surface area contributed by atoms with E-state index in [9.17, 15) is 13.6 Å². The highest BCUT2D eigenvalue weighted by Crippen LogP contribution is 2.35. The second-order valence-electron chi connectivity index (χ2n) is 10.1. The van der Waals surface area contributed by atoms with Crippen LogP contribution in [0, 0.1) is 17.0 Å². The zero-order chi connectivity index (χ0) is 23.0. The highest BCUT2D eigenvalue weighted by molar-refractivity contribution is 5.99. The minimum Gasteiger partial charge on any atom is -0.294 e. The number of aromatic nitrogens is 2. The quantitative estimate of drug-likeness (QED) is 0.425. The summed E-state index contributed by atoms with van der Waals surface area (Å²) in [6.45, 7) is 12.2. The average Bonchev–Trinajstić information content (AvgIpc) is 2.68. The van der Waals surface area contributed by atoms with Crippen molar-refractivity contribution in [1.29, 1.82) is 0 Å². The third-order valence-corrected chi connectivity index (χ3v) is 4.93. The molecule has 0 bridgehead atoms. The van der Waals surface area contributed by atoms with Gasteiger partial charge in [0.15, 0.2) is 17.4 Å². The Morgan fingerprint density at radius 1 is 0.871 bits per heavy atom. The number of hydrogen-bond donors (Lipinski definition) is 0. The van der Waals surface area contributed by atoms with Crippen LogP contribution in [0.15, 0.2) is 48.9 Å². The van der Waals surface area contributed by atoms with Gasteiger partial charge in [0.25, 0.3) is 0 Å². The zero-order valence-electron chi connectivity index (χ0n) is 18.9. The van der Waals surface area contributed by atoms with E-state index in [0.29, 0.717) is 23.1 Å². The predicted molar refractivity (Wildman–Crippen MR) is 120 cm³/mol. The van der Waals surface area contributed by atoms with E-state index in [1.54, 1.807) is 12.3 Å². The van der Waals surface area contributed by atoms with Crippen LogP contribution in [-0.2, 0) is 5.41 Å². The third-order valence-electron chi connectivity index (χ3n) is 4.93. The normalized spacial score (nSPS) is 12.1. The van der Waals surface area contributed by atoms with Crippen molar-refractivity contribution in [3.63, 3.8) is 0 Å². The lowest BCUT2D eigenvalue weighted by molar-refractivity contribution is 0.0940. The van der Waals surface area contributed by atoms with Gasteiger partial charge in [-0.2, -0.15) is 0 Å². The lowest BCUT2D eigenvalue weighted by atomic mass is 9.84. The van der Waals surface area contributed by atoms with E-state index in [1.807, 2.05) is 32.9 Å². The number of Topliss-reactive ketones (excluding diaryl/α,β-unsaturated/α-hetero) is 1. The van der Waals surface area contributed by atoms with Crippen LogP contribution in [0.4, 0.5) is 8.78 Å². The molecule has 5 heteroatoms. The van der Waals surface area contributed by atoms with Crippen molar-refractivity contribution in [2.45, 2.75) is 53.4 Å². The summed E-state index contributed by atoms with van der Waals surface area (Å²) >= 11 is 0. The fourth-order valence-electron chi connectivity index (χ4n) is 3.51. The molecule has 0 unspecified atom stereocenters. The van der Waals surface area contributed by atoms with Crippen LogP contribution in [-0.4, -0.2) is 15.8 Å². The summed E-state index contributed by atoms with van der Waals surface area (Å²) in [5.41, 5.74) is 3.66. The first-order chi connectivity index (χ1) is 14.3. The van der Waals surface area contributed by atoms with Crippen molar-refractivity contribution in [2.75, 3.05) is 0 Å². The summed E-state index contributed by atoms with van der Waals surface area (Å²) in [6, 6.07) is 9.21. The Hall–Kier alpha value is -2.95. The maximum absolute atomic E-state index is 13.9. The summed E-state index contributed by atoms with van der Waals surface area (Å²) in [4.78, 5) is 21.7. The van der Waals surface area contributed by atoms with Crippen LogP contribution in [0.1, 0.15) is 64.0 Å². The number of benzene rings is 2. The Morgan fingerprint density at radius 2 is 1.55 bits per heavy atom. The molecular weight excluding hydrogens is 394 g/mol. The van der Waals surface area contributed by atoms with E-state index in [4.69, 9.17) is 0 Å². The molecule has 3 nitrogen and oxygen atoms in total. The first-order valence-corrected chi connectivity index (χ1v) is 10.3. The largest absolute Gasteiger partial charge is 0.294 e. The van der Waals surface area contributed by atoms with Crippen LogP contribution in [0.3, 0.4) is 0 Å². The molecule has 1 aromatic heterocycles. The first-order valence-electron chi connectivity index (χ1n) is 10.3. The van der Waals surface area contributed by atoms with Crippen molar-refractivity contribution in [3.05, 3.63) is 71.8 Å². The molecule has 1 heterocycles. The van der Waals surface area contributed by atoms with E-state index in [-0.39, 0.29) is 16.6 Å². The van der Waals surface area contributed by atoms with E-state index < -0.39 is 11.6 Å². The van der Waals surface area contributed by atoms with Gasteiger partial charge in [0.2, 0.25) is 0 Å². The molecule has 0 N–H and O–H groups in total. The Kier molecular flexibility index (Phi) is 6.08. The molecule has 31 heavy (non-hydrogen) atoms. The SMILES string of the molecule is CC(C)(C)CC(=O)c1cc(-c2ccc(F)c(F)c2)cc(-c2cncnc2C(C)(C)C)c1. The number of nitrogens with zero attached hydrogens (tertiary/aromatic N) is 2. The van der Waals surface area contributed by atoms with Gasteiger partial charge in [-0.25, -0.2) is 18.7 Å².